The van der Waals surface area contributed by atoms with Gasteiger partial charge in [-0.05, 0) is 56.6 Å². The summed E-state index contributed by atoms with van der Waals surface area (Å²) in [5.74, 6) is -0.0428. The zero-order valence-electron chi connectivity index (χ0n) is 22.8. The Balaban J connectivity index is 0.00000147. The van der Waals surface area contributed by atoms with Crippen LogP contribution in [0.25, 0.3) is 0 Å². The molecule has 13 heteroatoms. The van der Waals surface area contributed by atoms with Crippen molar-refractivity contribution in [3.63, 3.8) is 0 Å². The number of hydrogen-bond acceptors (Lipinski definition) is 7. The second kappa shape index (κ2) is 15.6. The first-order valence-electron chi connectivity index (χ1n) is 12.9. The molecule has 1 aromatic heterocycles. The third-order valence-electron chi connectivity index (χ3n) is 6.31. The Bertz CT molecular complexity index is 1350. The van der Waals surface area contributed by atoms with E-state index in [9.17, 15) is 14.0 Å². The Labute approximate surface area is 242 Å². The highest BCUT2D eigenvalue weighted by atomic mass is 35.5. The maximum Gasteiger partial charge on any atom is 0.290 e. The van der Waals surface area contributed by atoms with Crippen LogP contribution < -0.4 is 20.1 Å². The van der Waals surface area contributed by atoms with Crippen molar-refractivity contribution in [2.24, 2.45) is 0 Å². The number of aromatic nitrogens is 2. The fourth-order valence-corrected chi connectivity index (χ4v) is 4.36. The molecule has 2 aromatic carbocycles. The van der Waals surface area contributed by atoms with E-state index in [2.05, 4.69) is 25.7 Å². The average molecular weight is 590 g/mol. The average Bonchev–Trinajstić information content (AvgIpc) is 3.27. The second-order valence-corrected chi connectivity index (χ2v) is 9.54. The third kappa shape index (κ3) is 8.92. The van der Waals surface area contributed by atoms with Gasteiger partial charge in [0, 0.05) is 43.7 Å². The molecule has 0 atom stereocenters. The smallest absolute Gasteiger partial charge is 0.290 e. The minimum absolute atomic E-state index is 0.0322. The molecule has 2 bridgehead atoms. The van der Waals surface area contributed by atoms with Crippen LogP contribution in [0.2, 0.25) is 5.02 Å². The number of nitrogens with one attached hydrogen (secondary N) is 3. The molecule has 2 amide bonds. The second-order valence-electron chi connectivity index (χ2n) is 9.16. The topological polar surface area (TPSA) is 146 Å². The van der Waals surface area contributed by atoms with Crippen molar-refractivity contribution in [1.82, 2.24) is 25.7 Å². The Kier molecular flexibility index (Phi) is 11.9. The summed E-state index contributed by atoms with van der Waals surface area (Å²) >= 11 is 6.37. The van der Waals surface area contributed by atoms with Crippen LogP contribution in [-0.2, 0) is 22.7 Å². The van der Waals surface area contributed by atoms with E-state index in [1.165, 1.54) is 19.2 Å². The van der Waals surface area contributed by atoms with Gasteiger partial charge in [0.25, 0.3) is 12.4 Å². The lowest BCUT2D eigenvalue weighted by Crippen LogP contribution is -2.31. The predicted octanol–water partition coefficient (Wildman–Crippen LogP) is 4.04. The molecule has 2 aliphatic rings. The standard InChI is InChI=1S/C27H31ClFN5O4.CH2O2/c1-17-26(28)21(33-32-17)16-34-12-4-8-25(35)31-15-19-20(29)6-3-7-22(19)38-23-10-9-18(14-24(23)37-2)27(36)30-11-5-13-34;2-1-3/h3,6-7,9-10,14H,4-5,8,11-13,15-16H2,1-2H3,(H,30,36)(H,31,35)(H,32,33);1H,(H,2,3). The van der Waals surface area contributed by atoms with E-state index in [-0.39, 0.29) is 42.6 Å². The Morgan fingerprint density at radius 2 is 1.93 bits per heavy atom. The lowest BCUT2D eigenvalue weighted by atomic mass is 10.1. The molecule has 41 heavy (non-hydrogen) atoms. The molecule has 0 fully saturated rings. The lowest BCUT2D eigenvalue weighted by Gasteiger charge is -2.21. The van der Waals surface area contributed by atoms with E-state index >= 15 is 0 Å². The van der Waals surface area contributed by atoms with Gasteiger partial charge in [0.15, 0.2) is 11.5 Å². The Hall–Kier alpha value is -4.16. The molecule has 11 nitrogen and oxygen atoms in total. The van der Waals surface area contributed by atoms with E-state index in [0.29, 0.717) is 61.1 Å². The number of carbonyl (C=O) groups is 3. The van der Waals surface area contributed by atoms with Gasteiger partial charge in [-0.2, -0.15) is 5.10 Å². The van der Waals surface area contributed by atoms with Gasteiger partial charge < -0.3 is 25.2 Å². The maximum absolute atomic E-state index is 14.7. The number of carbonyl (C=O) groups excluding carboxylic acids is 2. The summed E-state index contributed by atoms with van der Waals surface area (Å²) in [6.07, 6.45) is 1.53. The quantitative estimate of drug-likeness (QED) is 0.335. The van der Waals surface area contributed by atoms with Crippen LogP contribution in [0.4, 0.5) is 4.39 Å². The minimum Gasteiger partial charge on any atom is -0.493 e. The first kappa shape index (κ1) is 31.4. The fraction of sp³-hybridized carbons (Fsp3) is 0.357. The van der Waals surface area contributed by atoms with E-state index in [1.54, 1.807) is 24.3 Å². The van der Waals surface area contributed by atoms with Crippen LogP contribution in [0.15, 0.2) is 36.4 Å². The highest BCUT2D eigenvalue weighted by Gasteiger charge is 2.18. The van der Waals surface area contributed by atoms with E-state index in [4.69, 9.17) is 31.0 Å². The van der Waals surface area contributed by atoms with Crippen LogP contribution in [0.1, 0.15) is 46.6 Å². The summed E-state index contributed by atoms with van der Waals surface area (Å²) in [5, 5.41) is 20.4. The number of methoxy groups -OCH3 is 1. The zero-order valence-corrected chi connectivity index (χ0v) is 23.6. The number of nitrogens with zero attached hydrogens (tertiary/aromatic N) is 2. The molecule has 3 heterocycles. The van der Waals surface area contributed by atoms with Gasteiger partial charge in [-0.1, -0.05) is 17.7 Å². The van der Waals surface area contributed by atoms with Crippen molar-refractivity contribution in [3.8, 4) is 17.2 Å². The molecule has 0 unspecified atom stereocenters. The number of aryl methyl sites for hydroxylation is 1. The summed E-state index contributed by atoms with van der Waals surface area (Å²) < 4.78 is 26.1. The monoisotopic (exact) mass is 589 g/mol. The fourth-order valence-electron chi connectivity index (χ4n) is 4.22. The van der Waals surface area contributed by atoms with E-state index < -0.39 is 5.82 Å². The third-order valence-corrected chi connectivity index (χ3v) is 6.81. The summed E-state index contributed by atoms with van der Waals surface area (Å²) in [7, 11) is 1.47. The summed E-state index contributed by atoms with van der Waals surface area (Å²) in [6.45, 7) is 3.82. The zero-order chi connectivity index (χ0) is 29.8. The van der Waals surface area contributed by atoms with Gasteiger partial charge in [0.2, 0.25) is 5.91 Å². The Morgan fingerprint density at radius 1 is 1.17 bits per heavy atom. The number of fused-ring (bicyclic) bond motifs is 13. The number of halogens is 2. The van der Waals surface area contributed by atoms with Crippen molar-refractivity contribution >= 4 is 29.9 Å². The molecular formula is C28H33ClFN5O6. The van der Waals surface area contributed by atoms with E-state index in [1.807, 2.05) is 6.92 Å². The summed E-state index contributed by atoms with van der Waals surface area (Å²) in [4.78, 5) is 35.9. The van der Waals surface area contributed by atoms with Crippen molar-refractivity contribution in [1.29, 1.82) is 0 Å². The molecule has 4 N–H and O–H groups in total. The molecule has 3 aromatic rings. The number of ether oxygens (including phenoxy) is 2. The van der Waals surface area contributed by atoms with Crippen molar-refractivity contribution in [2.75, 3.05) is 26.7 Å². The number of carboxylic acid groups (broad SMARTS) is 1. The molecule has 2 aliphatic heterocycles. The van der Waals surface area contributed by atoms with Gasteiger partial charge in [-0.15, -0.1) is 0 Å². The molecule has 0 aliphatic carbocycles. The number of H-pyrrole nitrogens is 1. The first-order chi connectivity index (χ1) is 19.8. The van der Waals surface area contributed by atoms with Crippen molar-refractivity contribution < 1.29 is 33.4 Å². The number of hydrogen-bond donors (Lipinski definition) is 4. The predicted molar refractivity (Wildman–Crippen MR) is 150 cm³/mol. The molecule has 0 saturated carbocycles. The van der Waals surface area contributed by atoms with Gasteiger partial charge in [0.1, 0.15) is 11.6 Å². The Morgan fingerprint density at radius 3 is 2.63 bits per heavy atom. The first-order valence-corrected chi connectivity index (χ1v) is 13.3. The SMILES string of the molecule is COc1cc2ccc1Oc1cccc(F)c1CNC(=O)CCCN(Cc1n[nH]c(C)c1Cl)CCCNC2=O.O=CO. The highest BCUT2D eigenvalue weighted by Crippen LogP contribution is 2.34. The minimum atomic E-state index is -0.499. The largest absolute Gasteiger partial charge is 0.493 e. The molecule has 220 valence electrons. The van der Waals surface area contributed by atoms with Crippen molar-refractivity contribution in [2.45, 2.75) is 39.3 Å². The van der Waals surface area contributed by atoms with Gasteiger partial charge in [-0.3, -0.25) is 24.4 Å². The van der Waals surface area contributed by atoms with Crippen LogP contribution >= 0.6 is 11.6 Å². The van der Waals surface area contributed by atoms with Crippen LogP contribution in [0.3, 0.4) is 0 Å². The number of benzene rings is 2. The molecule has 0 saturated heterocycles. The number of amides is 2. The summed E-state index contributed by atoms with van der Waals surface area (Å²) in [6, 6.07) is 9.26. The molecule has 5 rings (SSSR count). The normalized spacial score (nSPS) is 15.0. The maximum atomic E-state index is 14.7. The van der Waals surface area contributed by atoms with Crippen LogP contribution in [0, 0.1) is 12.7 Å². The van der Waals surface area contributed by atoms with Gasteiger partial charge in [0.05, 0.1) is 23.5 Å². The van der Waals surface area contributed by atoms with Gasteiger partial charge >= 0.3 is 0 Å². The summed E-state index contributed by atoms with van der Waals surface area (Å²) in [5.41, 5.74) is 2.15. The van der Waals surface area contributed by atoms with Crippen molar-refractivity contribution in [3.05, 3.63) is 69.8 Å². The van der Waals surface area contributed by atoms with Crippen LogP contribution in [-0.4, -0.2) is 65.2 Å². The van der Waals surface area contributed by atoms with Gasteiger partial charge in [-0.25, -0.2) is 4.39 Å². The van der Waals surface area contributed by atoms with E-state index in [0.717, 1.165) is 11.4 Å². The lowest BCUT2D eigenvalue weighted by molar-refractivity contribution is -0.123. The van der Waals surface area contributed by atoms with Crippen LogP contribution in [0.5, 0.6) is 17.2 Å². The molecular weight excluding hydrogens is 557 g/mol. The highest BCUT2D eigenvalue weighted by molar-refractivity contribution is 6.31. The number of aromatic amines is 1. The molecule has 0 radical (unpaired) electrons. The number of rotatable bonds is 3. The molecule has 0 spiro atoms.